The molecule has 0 saturated carbocycles. The normalized spacial score (nSPS) is 23.2. The molecule has 1 heterocycles. The van der Waals surface area contributed by atoms with Gasteiger partial charge in [0, 0.05) is 5.92 Å². The Balaban J connectivity index is 2.09. The second-order valence-electron chi connectivity index (χ2n) is 3.50. The Labute approximate surface area is 82.3 Å². The molecule has 0 amide bonds. The number of aliphatic hydroxyl groups is 1. The number of hydrogen-bond donors (Lipinski definition) is 1. The van der Waals surface area contributed by atoms with Gasteiger partial charge in [0.2, 0.25) is 0 Å². The van der Waals surface area contributed by atoms with Crippen LogP contribution in [0.25, 0.3) is 0 Å². The van der Waals surface area contributed by atoms with Crippen LogP contribution in [0.5, 0.6) is 0 Å². The van der Waals surface area contributed by atoms with E-state index in [-0.39, 0.29) is 11.9 Å². The van der Waals surface area contributed by atoms with Crippen molar-refractivity contribution in [2.24, 2.45) is 5.92 Å². The summed E-state index contributed by atoms with van der Waals surface area (Å²) in [4.78, 5) is 10.9. The molecule has 0 spiro atoms. The lowest BCUT2D eigenvalue weighted by molar-refractivity contribution is -0.137. The number of hydrogen-bond acceptors (Lipinski definition) is 3. The van der Waals surface area contributed by atoms with Crippen molar-refractivity contribution in [2.45, 2.75) is 12.5 Å². The number of esters is 1. The summed E-state index contributed by atoms with van der Waals surface area (Å²) in [5, 5.41) is 9.91. The maximum atomic E-state index is 10.9. The molecule has 2 rings (SSSR count). The third-order valence-corrected chi connectivity index (χ3v) is 2.47. The van der Waals surface area contributed by atoms with E-state index in [0.29, 0.717) is 13.0 Å². The van der Waals surface area contributed by atoms with Crippen LogP contribution in [0.2, 0.25) is 0 Å². The van der Waals surface area contributed by atoms with Gasteiger partial charge in [0.05, 0.1) is 19.1 Å². The highest BCUT2D eigenvalue weighted by molar-refractivity contribution is 5.71. The van der Waals surface area contributed by atoms with Crippen LogP contribution in [0.4, 0.5) is 0 Å². The Morgan fingerprint density at radius 2 is 2.07 bits per heavy atom. The van der Waals surface area contributed by atoms with Crippen LogP contribution in [-0.2, 0) is 9.53 Å². The maximum Gasteiger partial charge on any atom is 0.306 e. The van der Waals surface area contributed by atoms with E-state index in [2.05, 4.69) is 0 Å². The summed E-state index contributed by atoms with van der Waals surface area (Å²) in [6.07, 6.45) is -0.279. The van der Waals surface area contributed by atoms with E-state index >= 15 is 0 Å². The minimum Gasteiger partial charge on any atom is -0.465 e. The van der Waals surface area contributed by atoms with Gasteiger partial charge < -0.3 is 9.84 Å². The lowest BCUT2D eigenvalue weighted by Gasteiger charge is -2.15. The fourth-order valence-electron chi connectivity index (χ4n) is 1.66. The number of carbonyl (C=O) groups excluding carboxylic acids is 1. The van der Waals surface area contributed by atoms with Gasteiger partial charge in [-0.25, -0.2) is 0 Å². The first kappa shape index (κ1) is 9.21. The molecule has 3 heteroatoms. The van der Waals surface area contributed by atoms with Crippen LogP contribution in [0, 0.1) is 5.92 Å². The minimum absolute atomic E-state index is 0.0927. The van der Waals surface area contributed by atoms with Crippen LogP contribution in [0.3, 0.4) is 0 Å². The van der Waals surface area contributed by atoms with E-state index < -0.39 is 6.10 Å². The van der Waals surface area contributed by atoms with Crippen molar-refractivity contribution in [3.63, 3.8) is 0 Å². The van der Waals surface area contributed by atoms with Crippen molar-refractivity contribution in [2.75, 3.05) is 6.61 Å². The molecule has 1 aromatic rings. The standard InChI is InChI=1S/C11H12O3/c12-10-6-9(7-14-10)11(13)8-4-2-1-3-5-8/h1-5,9,11,13H,6-7H2/t9-,11+/m0/s1. The number of aliphatic hydroxyl groups excluding tert-OH is 1. The van der Waals surface area contributed by atoms with E-state index in [0.717, 1.165) is 5.56 Å². The average Bonchev–Trinajstić information content (AvgIpc) is 2.65. The van der Waals surface area contributed by atoms with E-state index in [4.69, 9.17) is 4.74 Å². The van der Waals surface area contributed by atoms with Crippen molar-refractivity contribution in [3.05, 3.63) is 35.9 Å². The molecule has 74 valence electrons. The zero-order valence-electron chi connectivity index (χ0n) is 7.72. The summed E-state index contributed by atoms with van der Waals surface area (Å²) >= 11 is 0. The van der Waals surface area contributed by atoms with Gasteiger partial charge in [0.15, 0.2) is 0 Å². The largest absolute Gasteiger partial charge is 0.465 e. The Morgan fingerprint density at radius 1 is 1.36 bits per heavy atom. The van der Waals surface area contributed by atoms with Crippen molar-refractivity contribution >= 4 is 5.97 Å². The highest BCUT2D eigenvalue weighted by atomic mass is 16.5. The summed E-state index contributed by atoms with van der Waals surface area (Å²) in [5.41, 5.74) is 0.843. The van der Waals surface area contributed by atoms with Gasteiger partial charge >= 0.3 is 5.97 Å². The molecule has 1 N–H and O–H groups in total. The molecule has 0 bridgehead atoms. The molecule has 0 aliphatic carbocycles. The van der Waals surface area contributed by atoms with Crippen molar-refractivity contribution in [1.82, 2.24) is 0 Å². The molecule has 14 heavy (non-hydrogen) atoms. The van der Waals surface area contributed by atoms with Crippen LogP contribution < -0.4 is 0 Å². The molecule has 3 nitrogen and oxygen atoms in total. The van der Waals surface area contributed by atoms with Gasteiger partial charge in [-0.15, -0.1) is 0 Å². The fourth-order valence-corrected chi connectivity index (χ4v) is 1.66. The Kier molecular flexibility index (Phi) is 2.50. The summed E-state index contributed by atoms with van der Waals surface area (Å²) in [6, 6.07) is 9.35. The van der Waals surface area contributed by atoms with E-state index in [1.165, 1.54) is 0 Å². The first-order chi connectivity index (χ1) is 6.77. The Morgan fingerprint density at radius 3 is 2.64 bits per heavy atom. The number of benzene rings is 1. The summed E-state index contributed by atoms with van der Waals surface area (Å²) < 4.78 is 4.81. The zero-order chi connectivity index (χ0) is 9.97. The van der Waals surface area contributed by atoms with Gasteiger partial charge in [0.25, 0.3) is 0 Å². The van der Waals surface area contributed by atoms with Crippen LogP contribution in [-0.4, -0.2) is 17.7 Å². The van der Waals surface area contributed by atoms with Gasteiger partial charge in [-0.1, -0.05) is 30.3 Å². The van der Waals surface area contributed by atoms with E-state index in [9.17, 15) is 9.90 Å². The maximum absolute atomic E-state index is 10.9. The molecule has 0 aromatic heterocycles. The van der Waals surface area contributed by atoms with Crippen molar-refractivity contribution < 1.29 is 14.6 Å². The molecular formula is C11H12O3. The highest BCUT2D eigenvalue weighted by Crippen LogP contribution is 2.28. The SMILES string of the molecule is O=C1C[C@H]([C@H](O)c2ccccc2)CO1. The topological polar surface area (TPSA) is 46.5 Å². The minimum atomic E-state index is -0.595. The molecule has 0 unspecified atom stereocenters. The van der Waals surface area contributed by atoms with Crippen molar-refractivity contribution in [3.8, 4) is 0 Å². The highest BCUT2D eigenvalue weighted by Gasteiger charge is 2.30. The van der Waals surface area contributed by atoms with E-state index in [1.54, 1.807) is 0 Å². The predicted octanol–water partition coefficient (Wildman–Crippen LogP) is 1.28. The van der Waals surface area contributed by atoms with Gasteiger partial charge in [-0.05, 0) is 5.56 Å². The molecule has 1 saturated heterocycles. The van der Waals surface area contributed by atoms with Crippen LogP contribution >= 0.6 is 0 Å². The zero-order valence-corrected chi connectivity index (χ0v) is 7.72. The van der Waals surface area contributed by atoms with Crippen LogP contribution in [0.1, 0.15) is 18.1 Å². The molecule has 1 aromatic carbocycles. The smallest absolute Gasteiger partial charge is 0.306 e. The molecule has 2 atom stereocenters. The summed E-state index contributed by atoms with van der Waals surface area (Å²) in [6.45, 7) is 0.328. The van der Waals surface area contributed by atoms with Gasteiger partial charge in [-0.3, -0.25) is 4.79 Å². The molecule has 1 aliphatic heterocycles. The predicted molar refractivity (Wildman–Crippen MR) is 50.5 cm³/mol. The number of carbonyl (C=O) groups is 1. The first-order valence-corrected chi connectivity index (χ1v) is 4.66. The lowest BCUT2D eigenvalue weighted by atomic mass is 9.95. The van der Waals surface area contributed by atoms with Crippen molar-refractivity contribution in [1.29, 1.82) is 0 Å². The lowest BCUT2D eigenvalue weighted by Crippen LogP contribution is -2.12. The quantitative estimate of drug-likeness (QED) is 0.718. The molecule has 1 aliphatic rings. The number of rotatable bonds is 2. The van der Waals surface area contributed by atoms with E-state index in [1.807, 2.05) is 30.3 Å². The fraction of sp³-hybridized carbons (Fsp3) is 0.364. The second-order valence-corrected chi connectivity index (χ2v) is 3.50. The average molecular weight is 192 g/mol. The third-order valence-electron chi connectivity index (χ3n) is 2.47. The molecular weight excluding hydrogens is 180 g/mol. The Bertz CT molecular complexity index is 321. The molecule has 1 fully saturated rings. The van der Waals surface area contributed by atoms with Crippen LogP contribution in [0.15, 0.2) is 30.3 Å². The number of cyclic esters (lactones) is 1. The summed E-state index contributed by atoms with van der Waals surface area (Å²) in [5.74, 6) is -0.310. The first-order valence-electron chi connectivity index (χ1n) is 4.66. The monoisotopic (exact) mass is 192 g/mol. The molecule has 0 radical (unpaired) electrons. The summed E-state index contributed by atoms with van der Waals surface area (Å²) in [7, 11) is 0. The Hall–Kier alpha value is -1.35. The van der Waals surface area contributed by atoms with Gasteiger partial charge in [-0.2, -0.15) is 0 Å². The second kappa shape index (κ2) is 3.80. The number of ether oxygens (including phenoxy) is 1. The van der Waals surface area contributed by atoms with Gasteiger partial charge in [0.1, 0.15) is 0 Å². The third kappa shape index (κ3) is 1.77.